The molecular formula is C20H20N4O2. The Morgan fingerprint density at radius 3 is 2.73 bits per heavy atom. The van der Waals surface area contributed by atoms with Gasteiger partial charge in [-0.3, -0.25) is 9.36 Å². The molecule has 0 saturated carbocycles. The van der Waals surface area contributed by atoms with Gasteiger partial charge >= 0.3 is 0 Å². The van der Waals surface area contributed by atoms with Crippen LogP contribution in [0.4, 0.5) is 0 Å². The number of aromatic nitrogens is 3. The van der Waals surface area contributed by atoms with Gasteiger partial charge in [-0.25, -0.2) is 9.97 Å². The van der Waals surface area contributed by atoms with Crippen LogP contribution in [-0.4, -0.2) is 44.6 Å². The maximum absolute atomic E-state index is 13.1. The summed E-state index contributed by atoms with van der Waals surface area (Å²) in [6.45, 7) is 3.04. The van der Waals surface area contributed by atoms with Crippen molar-refractivity contribution >= 4 is 5.91 Å². The number of morpholine rings is 1. The Morgan fingerprint density at radius 2 is 2.04 bits per heavy atom. The second-order valence-electron chi connectivity index (χ2n) is 6.40. The van der Waals surface area contributed by atoms with Crippen LogP contribution in [0.1, 0.15) is 28.9 Å². The Labute approximate surface area is 152 Å². The number of rotatable bonds is 3. The average Bonchev–Trinajstić information content (AvgIpc) is 3.23. The van der Waals surface area contributed by atoms with Gasteiger partial charge < -0.3 is 9.64 Å². The first-order valence-electron chi connectivity index (χ1n) is 8.64. The summed E-state index contributed by atoms with van der Waals surface area (Å²) >= 11 is 0. The Balaban J connectivity index is 1.60. The molecule has 6 nitrogen and oxygen atoms in total. The van der Waals surface area contributed by atoms with Gasteiger partial charge in [0.1, 0.15) is 12.1 Å². The molecule has 1 aromatic carbocycles. The van der Waals surface area contributed by atoms with Crippen molar-refractivity contribution in [2.24, 2.45) is 0 Å². The highest BCUT2D eigenvalue weighted by molar-refractivity contribution is 5.94. The lowest BCUT2D eigenvalue weighted by molar-refractivity contribution is -0.0447. The fourth-order valence-electron chi connectivity index (χ4n) is 3.20. The first kappa shape index (κ1) is 16.5. The summed E-state index contributed by atoms with van der Waals surface area (Å²) in [6.07, 6.45) is 6.83. The topological polar surface area (TPSA) is 60.2 Å². The predicted octanol–water partition coefficient (Wildman–Crippen LogP) is 2.87. The minimum Gasteiger partial charge on any atom is -0.374 e. The minimum atomic E-state index is -0.0896. The van der Waals surface area contributed by atoms with Gasteiger partial charge in [0.2, 0.25) is 0 Å². The molecule has 0 radical (unpaired) electrons. The van der Waals surface area contributed by atoms with Gasteiger partial charge in [0.15, 0.2) is 0 Å². The van der Waals surface area contributed by atoms with E-state index in [-0.39, 0.29) is 18.1 Å². The molecule has 4 rings (SSSR count). The molecule has 0 aliphatic carbocycles. The lowest BCUT2D eigenvalue weighted by Gasteiger charge is -2.39. The Bertz CT molecular complexity index is 863. The fourth-order valence-corrected chi connectivity index (χ4v) is 3.20. The third-order valence-corrected chi connectivity index (χ3v) is 4.58. The normalized spacial score (nSPS) is 20.1. The van der Waals surface area contributed by atoms with Crippen LogP contribution in [0.2, 0.25) is 0 Å². The van der Waals surface area contributed by atoms with E-state index in [1.54, 1.807) is 23.3 Å². The Hall–Kier alpha value is -2.99. The van der Waals surface area contributed by atoms with E-state index in [4.69, 9.17) is 4.74 Å². The van der Waals surface area contributed by atoms with Crippen molar-refractivity contribution in [3.05, 3.63) is 78.5 Å². The standard InChI is InChI=1S/C20H20N4O2/c1-15-12-24(18(13-26-15)16-5-3-2-4-6-16)20(25)17-7-8-19(22-11-17)23-10-9-21-14-23/h2-11,14-15,18H,12-13H2,1H3/t15-,18+/m1/s1. The Morgan fingerprint density at radius 1 is 1.19 bits per heavy atom. The van der Waals surface area contributed by atoms with E-state index in [2.05, 4.69) is 9.97 Å². The van der Waals surface area contributed by atoms with Crippen molar-refractivity contribution in [2.45, 2.75) is 19.1 Å². The monoisotopic (exact) mass is 348 g/mol. The second-order valence-corrected chi connectivity index (χ2v) is 6.40. The largest absolute Gasteiger partial charge is 0.374 e. The van der Waals surface area contributed by atoms with Crippen molar-refractivity contribution in [2.75, 3.05) is 13.2 Å². The summed E-state index contributed by atoms with van der Waals surface area (Å²) in [6, 6.07) is 13.6. The number of pyridine rings is 1. The number of imidazole rings is 1. The van der Waals surface area contributed by atoms with Crippen LogP contribution in [0.5, 0.6) is 0 Å². The van der Waals surface area contributed by atoms with Gasteiger partial charge in [0, 0.05) is 25.1 Å². The summed E-state index contributed by atoms with van der Waals surface area (Å²) in [7, 11) is 0. The lowest BCUT2D eigenvalue weighted by Crippen LogP contribution is -2.46. The maximum Gasteiger partial charge on any atom is 0.256 e. The number of nitrogens with zero attached hydrogens (tertiary/aromatic N) is 4. The number of ether oxygens (including phenoxy) is 1. The molecular weight excluding hydrogens is 328 g/mol. The molecule has 0 N–H and O–H groups in total. The summed E-state index contributed by atoms with van der Waals surface area (Å²) in [4.78, 5) is 23.4. The van der Waals surface area contributed by atoms with Gasteiger partial charge in [0.05, 0.1) is 24.3 Å². The van der Waals surface area contributed by atoms with Gasteiger partial charge in [-0.1, -0.05) is 30.3 Å². The van der Waals surface area contributed by atoms with Crippen LogP contribution in [0, 0.1) is 0 Å². The molecule has 1 fully saturated rings. The summed E-state index contributed by atoms with van der Waals surface area (Å²) < 4.78 is 7.61. The third kappa shape index (κ3) is 3.23. The molecule has 132 valence electrons. The van der Waals surface area contributed by atoms with Crippen molar-refractivity contribution in [3.8, 4) is 5.82 Å². The molecule has 1 aliphatic heterocycles. The number of carbonyl (C=O) groups is 1. The molecule has 6 heteroatoms. The molecule has 0 spiro atoms. The summed E-state index contributed by atoms with van der Waals surface area (Å²) in [5.74, 6) is 0.702. The highest BCUT2D eigenvalue weighted by atomic mass is 16.5. The third-order valence-electron chi connectivity index (χ3n) is 4.58. The van der Waals surface area contributed by atoms with Crippen LogP contribution < -0.4 is 0 Å². The van der Waals surface area contributed by atoms with E-state index in [0.29, 0.717) is 18.7 Å². The molecule has 2 aromatic heterocycles. The zero-order valence-electron chi connectivity index (χ0n) is 14.5. The number of hydrogen-bond donors (Lipinski definition) is 0. The first-order valence-corrected chi connectivity index (χ1v) is 8.64. The van der Waals surface area contributed by atoms with Crippen LogP contribution in [-0.2, 0) is 4.74 Å². The number of benzene rings is 1. The summed E-state index contributed by atoms with van der Waals surface area (Å²) in [5, 5.41) is 0. The fraction of sp³-hybridized carbons (Fsp3) is 0.250. The molecule has 3 aromatic rings. The van der Waals surface area contributed by atoms with E-state index >= 15 is 0 Å². The first-order chi connectivity index (χ1) is 12.7. The maximum atomic E-state index is 13.1. The SMILES string of the molecule is C[C@@H]1CN(C(=O)c2ccc(-n3ccnc3)nc2)[C@H](c2ccccc2)CO1. The molecule has 0 bridgehead atoms. The molecule has 1 saturated heterocycles. The van der Waals surface area contributed by atoms with Crippen molar-refractivity contribution in [3.63, 3.8) is 0 Å². The predicted molar refractivity (Wildman–Crippen MR) is 97.0 cm³/mol. The minimum absolute atomic E-state index is 0.0112. The zero-order chi connectivity index (χ0) is 17.9. The second kappa shape index (κ2) is 7.09. The van der Waals surface area contributed by atoms with Gasteiger partial charge in [-0.2, -0.15) is 0 Å². The van der Waals surface area contributed by atoms with Gasteiger partial charge in [0.25, 0.3) is 5.91 Å². The van der Waals surface area contributed by atoms with E-state index in [1.165, 1.54) is 0 Å². The van der Waals surface area contributed by atoms with Crippen LogP contribution in [0.15, 0.2) is 67.4 Å². The van der Waals surface area contributed by atoms with E-state index in [1.807, 2.05) is 60.5 Å². The quantitative estimate of drug-likeness (QED) is 0.730. The molecule has 0 unspecified atom stereocenters. The number of hydrogen-bond acceptors (Lipinski definition) is 4. The van der Waals surface area contributed by atoms with E-state index in [0.717, 1.165) is 11.4 Å². The van der Waals surface area contributed by atoms with Crippen molar-refractivity contribution in [1.29, 1.82) is 0 Å². The molecule has 1 aliphatic rings. The molecule has 3 heterocycles. The van der Waals surface area contributed by atoms with Gasteiger partial charge in [-0.15, -0.1) is 0 Å². The Kier molecular flexibility index (Phi) is 4.50. The van der Waals surface area contributed by atoms with E-state index in [9.17, 15) is 4.79 Å². The average molecular weight is 348 g/mol. The van der Waals surface area contributed by atoms with Crippen LogP contribution >= 0.6 is 0 Å². The van der Waals surface area contributed by atoms with Crippen LogP contribution in [0.3, 0.4) is 0 Å². The lowest BCUT2D eigenvalue weighted by atomic mass is 10.0. The zero-order valence-corrected chi connectivity index (χ0v) is 14.5. The van der Waals surface area contributed by atoms with Gasteiger partial charge in [-0.05, 0) is 24.6 Å². The van der Waals surface area contributed by atoms with Crippen LogP contribution in [0.25, 0.3) is 5.82 Å². The van der Waals surface area contributed by atoms with Crippen molar-refractivity contribution < 1.29 is 9.53 Å². The number of amides is 1. The molecule has 26 heavy (non-hydrogen) atoms. The van der Waals surface area contributed by atoms with E-state index < -0.39 is 0 Å². The molecule has 2 atom stereocenters. The van der Waals surface area contributed by atoms with Crippen molar-refractivity contribution in [1.82, 2.24) is 19.4 Å². The smallest absolute Gasteiger partial charge is 0.256 e. The summed E-state index contributed by atoms with van der Waals surface area (Å²) in [5.41, 5.74) is 1.65. The highest BCUT2D eigenvalue weighted by Crippen LogP contribution is 2.27. The number of carbonyl (C=O) groups excluding carboxylic acids is 1. The highest BCUT2D eigenvalue weighted by Gasteiger charge is 2.32. The molecule has 1 amide bonds.